The Kier molecular flexibility index (Phi) is 5.00. The molecule has 7 heteroatoms. The van der Waals surface area contributed by atoms with E-state index in [4.69, 9.17) is 4.99 Å². The SMILES string of the molecule is CC1Nc2ccccc2C(c2ccccc2)=NC1Nc1n[nH]c(C2=CCN(C)C=C2)n1. The summed E-state index contributed by atoms with van der Waals surface area (Å²) in [5, 5.41) is 14.4. The average Bonchev–Trinajstić information content (AvgIpc) is 3.21. The number of nitrogens with one attached hydrogen (secondary N) is 3. The number of nitrogens with zero attached hydrogens (tertiary/aromatic N) is 4. The van der Waals surface area contributed by atoms with Gasteiger partial charge in [-0.3, -0.25) is 10.1 Å². The molecule has 3 N–H and O–H groups in total. The van der Waals surface area contributed by atoms with Crippen molar-refractivity contribution in [2.75, 3.05) is 24.2 Å². The minimum atomic E-state index is -0.242. The second-order valence-electron chi connectivity index (χ2n) is 7.83. The molecule has 3 heterocycles. The summed E-state index contributed by atoms with van der Waals surface area (Å²) in [6.07, 6.45) is 5.96. The highest BCUT2D eigenvalue weighted by Gasteiger charge is 2.25. The fraction of sp³-hybridized carbons (Fsp3) is 0.208. The molecule has 2 aliphatic heterocycles. The van der Waals surface area contributed by atoms with Crippen LogP contribution in [-0.2, 0) is 0 Å². The lowest BCUT2D eigenvalue weighted by molar-refractivity contribution is 0.506. The molecule has 2 aromatic carbocycles. The van der Waals surface area contributed by atoms with E-state index in [0.29, 0.717) is 5.95 Å². The molecule has 1 aromatic heterocycles. The lowest BCUT2D eigenvalue weighted by Crippen LogP contribution is -2.35. The van der Waals surface area contributed by atoms with E-state index < -0.39 is 0 Å². The van der Waals surface area contributed by atoms with Crippen molar-refractivity contribution < 1.29 is 0 Å². The van der Waals surface area contributed by atoms with E-state index in [2.05, 4.69) is 68.0 Å². The molecule has 0 radical (unpaired) electrons. The molecule has 3 aromatic rings. The van der Waals surface area contributed by atoms with Crippen LogP contribution in [0.5, 0.6) is 0 Å². The van der Waals surface area contributed by atoms with Crippen LogP contribution in [0.2, 0.25) is 0 Å². The van der Waals surface area contributed by atoms with Crippen LogP contribution in [0.3, 0.4) is 0 Å². The van der Waals surface area contributed by atoms with E-state index in [1.54, 1.807) is 0 Å². The number of benzene rings is 2. The van der Waals surface area contributed by atoms with Crippen LogP contribution in [0.25, 0.3) is 5.57 Å². The van der Waals surface area contributed by atoms with E-state index >= 15 is 0 Å². The number of likely N-dealkylation sites (N-methyl/N-ethyl adjacent to an activating group) is 1. The first-order valence-corrected chi connectivity index (χ1v) is 10.4. The van der Waals surface area contributed by atoms with E-state index in [-0.39, 0.29) is 12.2 Å². The minimum absolute atomic E-state index is 0.0340. The van der Waals surface area contributed by atoms with Crippen molar-refractivity contribution >= 4 is 22.9 Å². The third-order valence-electron chi connectivity index (χ3n) is 5.50. The predicted molar refractivity (Wildman–Crippen MR) is 125 cm³/mol. The summed E-state index contributed by atoms with van der Waals surface area (Å²) in [5.41, 5.74) is 5.21. The van der Waals surface area contributed by atoms with Crippen molar-refractivity contribution in [3.8, 4) is 0 Å². The molecule has 5 rings (SSSR count). The number of aliphatic imine (C=N–C) groups is 1. The van der Waals surface area contributed by atoms with Gasteiger partial charge in [-0.25, -0.2) is 0 Å². The maximum atomic E-state index is 5.11. The summed E-state index contributed by atoms with van der Waals surface area (Å²) in [6.45, 7) is 2.96. The Hall–Kier alpha value is -3.87. The summed E-state index contributed by atoms with van der Waals surface area (Å²) in [7, 11) is 2.04. The zero-order valence-corrected chi connectivity index (χ0v) is 17.6. The van der Waals surface area contributed by atoms with E-state index in [1.165, 1.54) is 0 Å². The maximum Gasteiger partial charge on any atom is 0.244 e. The van der Waals surface area contributed by atoms with Gasteiger partial charge in [-0.1, -0.05) is 54.6 Å². The van der Waals surface area contributed by atoms with Crippen molar-refractivity contribution in [2.24, 2.45) is 4.99 Å². The molecule has 0 fully saturated rings. The summed E-state index contributed by atoms with van der Waals surface area (Å²) in [6, 6.07) is 18.6. The van der Waals surface area contributed by atoms with Crippen molar-refractivity contribution in [2.45, 2.75) is 19.1 Å². The van der Waals surface area contributed by atoms with Crippen molar-refractivity contribution in [1.82, 2.24) is 20.1 Å². The average molecular weight is 412 g/mol. The number of para-hydroxylation sites is 1. The van der Waals surface area contributed by atoms with Gasteiger partial charge >= 0.3 is 0 Å². The van der Waals surface area contributed by atoms with Crippen molar-refractivity contribution in [3.63, 3.8) is 0 Å². The lowest BCUT2D eigenvalue weighted by Gasteiger charge is -2.21. The number of benzodiazepines with no additional fused rings is 1. The van der Waals surface area contributed by atoms with Gasteiger partial charge in [-0.15, -0.1) is 5.10 Å². The molecule has 7 nitrogen and oxygen atoms in total. The summed E-state index contributed by atoms with van der Waals surface area (Å²) in [4.78, 5) is 11.9. The van der Waals surface area contributed by atoms with Crippen molar-refractivity contribution in [1.29, 1.82) is 0 Å². The van der Waals surface area contributed by atoms with Gasteiger partial charge in [0, 0.05) is 36.0 Å². The molecule has 2 unspecified atom stereocenters. The molecule has 0 saturated carbocycles. The Morgan fingerprint density at radius 1 is 1.06 bits per heavy atom. The maximum absolute atomic E-state index is 5.11. The van der Waals surface area contributed by atoms with Gasteiger partial charge < -0.3 is 15.5 Å². The Balaban J connectivity index is 1.46. The predicted octanol–water partition coefficient (Wildman–Crippen LogP) is 3.74. The number of H-pyrrole nitrogens is 1. The minimum Gasteiger partial charge on any atom is -0.378 e. The monoisotopic (exact) mass is 411 g/mol. The lowest BCUT2D eigenvalue weighted by atomic mass is 10.0. The molecule has 0 aliphatic carbocycles. The summed E-state index contributed by atoms with van der Waals surface area (Å²) in [5.74, 6) is 1.28. The van der Waals surface area contributed by atoms with E-state index in [1.807, 2.05) is 49.7 Å². The highest BCUT2D eigenvalue weighted by molar-refractivity contribution is 6.16. The zero-order chi connectivity index (χ0) is 21.2. The number of rotatable bonds is 4. The largest absolute Gasteiger partial charge is 0.378 e. The van der Waals surface area contributed by atoms with Gasteiger partial charge in [0.1, 0.15) is 6.17 Å². The quantitative estimate of drug-likeness (QED) is 0.609. The van der Waals surface area contributed by atoms with Crippen LogP contribution >= 0.6 is 0 Å². The van der Waals surface area contributed by atoms with Gasteiger partial charge in [0.05, 0.1) is 11.8 Å². The molecule has 2 aliphatic rings. The highest BCUT2D eigenvalue weighted by Crippen LogP contribution is 2.26. The Bertz CT molecular complexity index is 1160. The number of anilines is 2. The smallest absolute Gasteiger partial charge is 0.244 e. The first-order valence-electron chi connectivity index (χ1n) is 10.4. The van der Waals surface area contributed by atoms with Crippen LogP contribution in [0, 0.1) is 0 Å². The van der Waals surface area contributed by atoms with Crippen LogP contribution in [0.1, 0.15) is 23.9 Å². The third kappa shape index (κ3) is 3.94. The number of hydrogen-bond donors (Lipinski definition) is 3. The second kappa shape index (κ2) is 8.10. The summed E-state index contributed by atoms with van der Waals surface area (Å²) < 4.78 is 0. The van der Waals surface area contributed by atoms with Crippen LogP contribution in [0.15, 0.2) is 77.9 Å². The standard InChI is InChI=1S/C24H25N7/c1-16-22(27-24-28-23(29-30-24)18-12-14-31(2)15-13-18)26-21(17-8-4-3-5-9-17)19-10-6-7-11-20(19)25-16/h3-14,16,22,25H,15H2,1-2H3,(H2,27,28,29,30). The van der Waals surface area contributed by atoms with Gasteiger partial charge in [0.15, 0.2) is 5.82 Å². The van der Waals surface area contributed by atoms with Crippen LogP contribution in [0.4, 0.5) is 11.6 Å². The van der Waals surface area contributed by atoms with Gasteiger partial charge in [-0.05, 0) is 25.3 Å². The van der Waals surface area contributed by atoms with E-state index in [0.717, 1.165) is 40.5 Å². The number of fused-ring (bicyclic) bond motifs is 1. The zero-order valence-electron chi connectivity index (χ0n) is 17.6. The first kappa shape index (κ1) is 19.1. The molecule has 0 amide bonds. The number of hydrogen-bond acceptors (Lipinski definition) is 6. The topological polar surface area (TPSA) is 81.2 Å². The Morgan fingerprint density at radius 2 is 1.87 bits per heavy atom. The highest BCUT2D eigenvalue weighted by atomic mass is 15.3. The van der Waals surface area contributed by atoms with Crippen molar-refractivity contribution in [3.05, 3.63) is 89.9 Å². The molecular formula is C24H25N7. The Morgan fingerprint density at radius 3 is 2.68 bits per heavy atom. The van der Waals surface area contributed by atoms with Gasteiger partial charge in [-0.2, -0.15) is 4.98 Å². The second-order valence-corrected chi connectivity index (χ2v) is 7.83. The summed E-state index contributed by atoms with van der Waals surface area (Å²) >= 11 is 0. The molecular weight excluding hydrogens is 386 g/mol. The fourth-order valence-corrected chi connectivity index (χ4v) is 3.79. The Labute approximate surface area is 181 Å². The molecule has 2 atom stereocenters. The third-order valence-corrected chi connectivity index (χ3v) is 5.50. The van der Waals surface area contributed by atoms with Crippen LogP contribution < -0.4 is 10.6 Å². The van der Waals surface area contributed by atoms with E-state index in [9.17, 15) is 0 Å². The first-order chi connectivity index (χ1) is 15.2. The normalized spacial score (nSPS) is 20.3. The van der Waals surface area contributed by atoms with Gasteiger partial charge in [0.25, 0.3) is 0 Å². The molecule has 31 heavy (non-hydrogen) atoms. The molecule has 0 saturated heterocycles. The fourth-order valence-electron chi connectivity index (χ4n) is 3.79. The molecule has 0 bridgehead atoms. The van der Waals surface area contributed by atoms with Gasteiger partial charge in [0.2, 0.25) is 5.95 Å². The number of allylic oxidation sites excluding steroid dienone is 2. The van der Waals surface area contributed by atoms with Crippen LogP contribution in [-0.4, -0.2) is 51.6 Å². The number of aromatic amines is 1. The molecule has 0 spiro atoms. The molecule has 156 valence electrons. The number of aromatic nitrogens is 3.